The summed E-state index contributed by atoms with van der Waals surface area (Å²) in [7, 11) is 0. The van der Waals surface area contributed by atoms with Gasteiger partial charge in [0.05, 0.1) is 0 Å². The predicted octanol–water partition coefficient (Wildman–Crippen LogP) is 4.76. The number of thiophene rings is 1. The Labute approximate surface area is 180 Å². The average molecular weight is 410 g/mol. The molecule has 5 rings (SSSR count). The maximum atomic E-state index is 9.78. The first-order valence-electron chi connectivity index (χ1n) is 9.36. The molecule has 31 heavy (non-hydrogen) atoms. The van der Waals surface area contributed by atoms with E-state index < -0.39 is 0 Å². The Balaban J connectivity index is 2.34. The molecule has 5 aromatic rings. The van der Waals surface area contributed by atoms with Gasteiger partial charge in [0.1, 0.15) is 35.4 Å². The largest absolute Gasteiger partial charge is 0.192 e. The maximum Gasteiger partial charge on any atom is 0.138 e. The predicted molar refractivity (Wildman–Crippen MR) is 123 cm³/mol. The normalized spacial score (nSPS) is 10.5. The van der Waals surface area contributed by atoms with Crippen molar-refractivity contribution < 1.29 is 0 Å². The molecule has 0 saturated heterocycles. The molecule has 0 bridgehead atoms. The Morgan fingerprint density at radius 3 is 1.74 bits per heavy atom. The van der Waals surface area contributed by atoms with E-state index in [-0.39, 0.29) is 11.1 Å². The number of nitrogens with zero attached hydrogens (tertiary/aromatic N) is 4. The van der Waals surface area contributed by atoms with Gasteiger partial charge in [0, 0.05) is 30.6 Å². The summed E-state index contributed by atoms with van der Waals surface area (Å²) in [5, 5.41) is 45.1. The summed E-state index contributed by atoms with van der Waals surface area (Å²) < 4.78 is 1.70. The third-order valence-corrected chi connectivity index (χ3v) is 6.63. The molecule has 0 radical (unpaired) electrons. The first-order chi connectivity index (χ1) is 15.2. The van der Waals surface area contributed by atoms with Crippen molar-refractivity contribution >= 4 is 64.2 Å². The van der Waals surface area contributed by atoms with Gasteiger partial charge >= 0.3 is 0 Å². The minimum atomic E-state index is 0.0100. The van der Waals surface area contributed by atoms with Gasteiger partial charge in [-0.2, -0.15) is 21.0 Å². The number of hydrogen-bond acceptors (Lipinski definition) is 5. The fraction of sp³-hybridized carbons (Fsp3) is 0. The van der Waals surface area contributed by atoms with Crippen LogP contribution >= 0.6 is 11.3 Å². The van der Waals surface area contributed by atoms with Crippen LogP contribution in [0.1, 0.15) is 0 Å². The molecular weight excluding hydrogens is 400 g/mol. The molecule has 1 heterocycles. The van der Waals surface area contributed by atoms with Crippen molar-refractivity contribution in [1.29, 1.82) is 21.0 Å². The van der Waals surface area contributed by atoms with Crippen LogP contribution in [0.3, 0.4) is 0 Å². The molecule has 0 aliphatic carbocycles. The van der Waals surface area contributed by atoms with Crippen LogP contribution in [0.2, 0.25) is 0 Å². The summed E-state index contributed by atoms with van der Waals surface area (Å²) in [5.74, 6) is 0. The van der Waals surface area contributed by atoms with Crippen molar-refractivity contribution in [3.63, 3.8) is 0 Å². The van der Waals surface area contributed by atoms with Crippen LogP contribution < -0.4 is 10.4 Å². The summed E-state index contributed by atoms with van der Waals surface area (Å²) in [6.07, 6.45) is 0. The molecule has 4 nitrogen and oxygen atoms in total. The van der Waals surface area contributed by atoms with E-state index in [9.17, 15) is 21.0 Å². The lowest BCUT2D eigenvalue weighted by molar-refractivity contribution is 1.50. The van der Waals surface area contributed by atoms with Crippen LogP contribution in [-0.4, -0.2) is 0 Å². The Bertz CT molecular complexity index is 1850. The Morgan fingerprint density at radius 2 is 1.13 bits per heavy atom. The zero-order chi connectivity index (χ0) is 21.5. The first kappa shape index (κ1) is 18.4. The summed E-state index contributed by atoms with van der Waals surface area (Å²) in [6, 6.07) is 27.6. The van der Waals surface area contributed by atoms with E-state index in [4.69, 9.17) is 0 Å². The lowest BCUT2D eigenvalue weighted by Crippen LogP contribution is -2.17. The monoisotopic (exact) mass is 410 g/mol. The van der Waals surface area contributed by atoms with Crippen molar-refractivity contribution in [3.05, 3.63) is 71.1 Å². The van der Waals surface area contributed by atoms with E-state index in [1.807, 2.05) is 72.8 Å². The average Bonchev–Trinajstić information content (AvgIpc) is 3.19. The quantitative estimate of drug-likeness (QED) is 0.344. The highest BCUT2D eigenvalue weighted by Gasteiger charge is 2.17. The second-order valence-electron chi connectivity index (χ2n) is 6.99. The zero-order valence-electron chi connectivity index (χ0n) is 16.0. The van der Waals surface area contributed by atoms with Crippen molar-refractivity contribution in [2.24, 2.45) is 0 Å². The molecule has 0 saturated carbocycles. The van der Waals surface area contributed by atoms with E-state index in [2.05, 4.69) is 12.1 Å². The van der Waals surface area contributed by atoms with Crippen LogP contribution in [0, 0.1) is 45.3 Å². The summed E-state index contributed by atoms with van der Waals surface area (Å²) in [5.41, 5.74) is 0.0229. The molecule has 0 aliphatic rings. The molecule has 0 fully saturated rings. The van der Waals surface area contributed by atoms with Gasteiger partial charge in [0.2, 0.25) is 0 Å². The van der Waals surface area contributed by atoms with Gasteiger partial charge in [-0.15, -0.1) is 11.3 Å². The zero-order valence-corrected chi connectivity index (χ0v) is 16.8. The van der Waals surface area contributed by atoms with E-state index in [0.29, 0.717) is 21.2 Å². The molecule has 0 spiro atoms. The molecule has 1 aromatic heterocycles. The van der Waals surface area contributed by atoms with Crippen molar-refractivity contribution in [1.82, 2.24) is 0 Å². The second-order valence-corrected chi connectivity index (χ2v) is 8.05. The lowest BCUT2D eigenvalue weighted by atomic mass is 9.94. The maximum absolute atomic E-state index is 9.78. The highest BCUT2D eigenvalue weighted by atomic mass is 32.1. The van der Waals surface area contributed by atoms with Gasteiger partial charge in [-0.1, -0.05) is 42.5 Å². The van der Waals surface area contributed by atoms with Gasteiger partial charge in [-0.05, 0) is 39.7 Å². The van der Waals surface area contributed by atoms with Crippen LogP contribution in [-0.2, 0) is 0 Å². The molecule has 0 N–H and O–H groups in total. The SMILES string of the molecule is N#CC(C#N)=c1c2cc3ccccc3cc2c(=C(C#N)C#N)c2c1sc1ccccc12. The number of nitriles is 4. The smallest absolute Gasteiger partial charge is 0.138 e. The molecule has 0 amide bonds. The molecule has 0 aliphatic heterocycles. The molecule has 4 aromatic carbocycles. The molecular formula is C26H10N4S. The lowest BCUT2D eigenvalue weighted by Gasteiger charge is -2.08. The highest BCUT2D eigenvalue weighted by molar-refractivity contribution is 7.25. The minimum absolute atomic E-state index is 0.0100. The van der Waals surface area contributed by atoms with Gasteiger partial charge in [0.25, 0.3) is 0 Å². The van der Waals surface area contributed by atoms with Crippen molar-refractivity contribution in [3.8, 4) is 24.3 Å². The van der Waals surface area contributed by atoms with Gasteiger partial charge in [-0.25, -0.2) is 0 Å². The fourth-order valence-electron chi connectivity index (χ4n) is 4.16. The number of rotatable bonds is 0. The van der Waals surface area contributed by atoms with Crippen LogP contribution in [0.5, 0.6) is 0 Å². The van der Waals surface area contributed by atoms with Gasteiger partial charge < -0.3 is 0 Å². The number of hydrogen-bond donors (Lipinski definition) is 0. The number of benzene rings is 4. The topological polar surface area (TPSA) is 95.2 Å². The van der Waals surface area contributed by atoms with E-state index in [0.717, 1.165) is 30.9 Å². The van der Waals surface area contributed by atoms with Crippen molar-refractivity contribution in [2.45, 2.75) is 0 Å². The Hall–Kier alpha value is -4.68. The summed E-state index contributed by atoms with van der Waals surface area (Å²) in [4.78, 5) is 0. The minimum Gasteiger partial charge on any atom is -0.192 e. The van der Waals surface area contributed by atoms with E-state index in [1.54, 1.807) is 0 Å². The molecule has 140 valence electrons. The van der Waals surface area contributed by atoms with Crippen LogP contribution in [0.15, 0.2) is 60.7 Å². The Kier molecular flexibility index (Phi) is 4.13. The summed E-state index contributed by atoms with van der Waals surface area (Å²) >= 11 is 1.46. The summed E-state index contributed by atoms with van der Waals surface area (Å²) in [6.45, 7) is 0. The van der Waals surface area contributed by atoms with Gasteiger partial charge in [0.15, 0.2) is 0 Å². The van der Waals surface area contributed by atoms with E-state index >= 15 is 0 Å². The Morgan fingerprint density at radius 1 is 0.613 bits per heavy atom. The van der Waals surface area contributed by atoms with Crippen molar-refractivity contribution in [2.75, 3.05) is 0 Å². The third kappa shape index (κ3) is 2.56. The first-order valence-corrected chi connectivity index (χ1v) is 10.2. The third-order valence-electron chi connectivity index (χ3n) is 5.44. The highest BCUT2D eigenvalue weighted by Crippen LogP contribution is 2.33. The molecule has 0 unspecified atom stereocenters. The molecule has 0 atom stereocenters. The fourth-order valence-corrected chi connectivity index (χ4v) is 5.44. The number of fused-ring (bicyclic) bond motifs is 5. The van der Waals surface area contributed by atoms with E-state index in [1.165, 1.54) is 11.3 Å². The van der Waals surface area contributed by atoms with Gasteiger partial charge in [-0.3, -0.25) is 0 Å². The standard InChI is InChI=1S/C26H10N4S/c27-11-17(12-28)23-20-9-15-5-1-2-6-16(15)10-21(20)24(18(13-29)14-30)26-25(23)19-7-3-4-8-22(19)31-26/h1-10H. The van der Waals surface area contributed by atoms with Crippen LogP contribution in [0.4, 0.5) is 0 Å². The molecule has 5 heteroatoms. The second kappa shape index (κ2) is 6.98. The van der Waals surface area contributed by atoms with Crippen LogP contribution in [0.25, 0.3) is 52.9 Å².